The van der Waals surface area contributed by atoms with E-state index >= 15 is 0 Å². The summed E-state index contributed by atoms with van der Waals surface area (Å²) in [4.78, 5) is 23.6. The number of nitrogens with zero attached hydrogens (tertiary/aromatic N) is 1. The van der Waals surface area contributed by atoms with Gasteiger partial charge in [-0.25, -0.2) is 8.42 Å². The van der Waals surface area contributed by atoms with Crippen LogP contribution in [0.2, 0.25) is 10.0 Å². The van der Waals surface area contributed by atoms with Crippen LogP contribution in [0.5, 0.6) is 0 Å². The van der Waals surface area contributed by atoms with Crippen LogP contribution in [-0.2, 0) is 30.8 Å². The maximum absolute atomic E-state index is 12.7. The van der Waals surface area contributed by atoms with Gasteiger partial charge in [0, 0.05) is 17.8 Å². The molecule has 1 N–H and O–H groups in total. The van der Waals surface area contributed by atoms with E-state index in [4.69, 9.17) is 27.9 Å². The smallest absolute Gasteiger partial charge is 0.310 e. The van der Waals surface area contributed by atoms with Crippen LogP contribution < -0.4 is 5.32 Å². The van der Waals surface area contributed by atoms with Gasteiger partial charge in [-0.05, 0) is 42.8 Å². The average Bonchev–Trinajstić information content (AvgIpc) is 2.65. The Labute approximate surface area is 179 Å². The molecule has 10 heteroatoms. The Balaban J connectivity index is 2.01. The van der Waals surface area contributed by atoms with Crippen molar-refractivity contribution in [1.82, 2.24) is 4.31 Å². The molecule has 0 spiro atoms. The molecule has 29 heavy (non-hydrogen) atoms. The second kappa shape index (κ2) is 10.1. The van der Waals surface area contributed by atoms with Gasteiger partial charge in [0.15, 0.2) is 0 Å². The molecular weight excluding hydrogens is 439 g/mol. The van der Waals surface area contributed by atoms with Gasteiger partial charge in [-0.2, -0.15) is 4.31 Å². The van der Waals surface area contributed by atoms with Gasteiger partial charge in [0.1, 0.15) is 4.90 Å². The summed E-state index contributed by atoms with van der Waals surface area (Å²) in [5.41, 5.74) is 1.20. The molecule has 0 saturated carbocycles. The summed E-state index contributed by atoms with van der Waals surface area (Å²) in [6.45, 7) is 1.62. The van der Waals surface area contributed by atoms with E-state index in [0.29, 0.717) is 12.3 Å². The van der Waals surface area contributed by atoms with E-state index in [1.807, 2.05) is 0 Å². The number of benzene rings is 2. The Morgan fingerprint density at radius 2 is 1.76 bits per heavy atom. The molecule has 0 fully saturated rings. The molecule has 0 aromatic heterocycles. The third-order valence-electron chi connectivity index (χ3n) is 3.84. The van der Waals surface area contributed by atoms with Crippen LogP contribution in [0.25, 0.3) is 0 Å². The maximum Gasteiger partial charge on any atom is 0.310 e. The summed E-state index contributed by atoms with van der Waals surface area (Å²) in [5.74, 6) is -0.872. The van der Waals surface area contributed by atoms with E-state index in [2.05, 4.69) is 5.32 Å². The lowest BCUT2D eigenvalue weighted by Crippen LogP contribution is -2.35. The first-order valence-electron chi connectivity index (χ1n) is 8.59. The van der Waals surface area contributed by atoms with E-state index in [1.165, 1.54) is 25.2 Å². The fourth-order valence-corrected chi connectivity index (χ4v) is 4.28. The molecule has 1 amide bonds. The van der Waals surface area contributed by atoms with Crippen molar-refractivity contribution >= 4 is 50.8 Å². The Hall–Kier alpha value is -2.13. The number of hydrogen-bond donors (Lipinski definition) is 1. The molecule has 0 bridgehead atoms. The van der Waals surface area contributed by atoms with Crippen molar-refractivity contribution in [2.45, 2.75) is 18.2 Å². The van der Waals surface area contributed by atoms with Gasteiger partial charge in [-0.1, -0.05) is 35.3 Å². The fourth-order valence-electron chi connectivity index (χ4n) is 2.42. The highest BCUT2D eigenvalue weighted by molar-refractivity contribution is 7.89. The predicted molar refractivity (Wildman–Crippen MR) is 112 cm³/mol. The molecule has 0 radical (unpaired) electrons. The van der Waals surface area contributed by atoms with Crippen molar-refractivity contribution in [2.75, 3.05) is 25.5 Å². The molecule has 0 aliphatic heterocycles. The number of sulfonamides is 1. The number of rotatable bonds is 8. The van der Waals surface area contributed by atoms with Crippen molar-refractivity contribution in [3.05, 3.63) is 58.1 Å². The van der Waals surface area contributed by atoms with Gasteiger partial charge >= 0.3 is 5.97 Å². The summed E-state index contributed by atoms with van der Waals surface area (Å²) >= 11 is 11.8. The van der Waals surface area contributed by atoms with Gasteiger partial charge in [-0.3, -0.25) is 9.59 Å². The number of carbonyl (C=O) groups excluding carboxylic acids is 2. The second-order valence-electron chi connectivity index (χ2n) is 6.06. The standard InChI is InChI=1S/C19H20Cl2N2O5S/c1-3-28-19(25)10-13-4-7-15(8-5-13)22-18(24)12-23(2)29(26,27)17-11-14(20)6-9-16(17)21/h4-9,11H,3,10,12H2,1-2H3,(H,22,24). The first-order chi connectivity index (χ1) is 13.6. The zero-order chi connectivity index (χ0) is 21.6. The zero-order valence-electron chi connectivity index (χ0n) is 15.8. The summed E-state index contributed by atoms with van der Waals surface area (Å²) in [5, 5.41) is 2.84. The van der Waals surface area contributed by atoms with Crippen LogP contribution in [0, 0.1) is 0 Å². The Bertz CT molecular complexity index is 994. The van der Waals surface area contributed by atoms with Gasteiger partial charge < -0.3 is 10.1 Å². The molecule has 156 valence electrons. The molecule has 7 nitrogen and oxygen atoms in total. The minimum Gasteiger partial charge on any atom is -0.466 e. The van der Waals surface area contributed by atoms with E-state index in [0.717, 1.165) is 9.87 Å². The Kier molecular flexibility index (Phi) is 8.04. The van der Waals surface area contributed by atoms with Gasteiger partial charge in [-0.15, -0.1) is 0 Å². The Morgan fingerprint density at radius 1 is 1.10 bits per heavy atom. The summed E-state index contributed by atoms with van der Waals surface area (Å²) in [7, 11) is -2.73. The molecule has 2 aromatic rings. The third kappa shape index (κ3) is 6.43. The largest absolute Gasteiger partial charge is 0.466 e. The summed E-state index contributed by atoms with van der Waals surface area (Å²) < 4.78 is 31.1. The lowest BCUT2D eigenvalue weighted by molar-refractivity contribution is -0.142. The number of nitrogens with one attached hydrogen (secondary N) is 1. The molecule has 0 aliphatic carbocycles. The quantitative estimate of drug-likeness (QED) is 0.612. The lowest BCUT2D eigenvalue weighted by Gasteiger charge is -2.18. The number of esters is 1. The third-order valence-corrected chi connectivity index (χ3v) is 6.36. The number of halogens is 2. The van der Waals surface area contributed by atoms with E-state index in [9.17, 15) is 18.0 Å². The van der Waals surface area contributed by atoms with Crippen LogP contribution in [0.1, 0.15) is 12.5 Å². The van der Waals surface area contributed by atoms with Crippen LogP contribution >= 0.6 is 23.2 Å². The number of likely N-dealkylation sites (N-methyl/N-ethyl adjacent to an activating group) is 1. The summed E-state index contributed by atoms with van der Waals surface area (Å²) in [6.07, 6.45) is 0.128. The predicted octanol–water partition coefficient (Wildman–Crippen LogP) is 3.36. The highest BCUT2D eigenvalue weighted by Gasteiger charge is 2.25. The molecular formula is C19H20Cl2N2O5S. The lowest BCUT2D eigenvalue weighted by atomic mass is 10.1. The van der Waals surface area contributed by atoms with Crippen LogP contribution in [0.4, 0.5) is 5.69 Å². The van der Waals surface area contributed by atoms with Crippen molar-refractivity contribution < 1.29 is 22.7 Å². The number of hydrogen-bond acceptors (Lipinski definition) is 5. The minimum absolute atomic E-state index is 0.0128. The maximum atomic E-state index is 12.7. The SMILES string of the molecule is CCOC(=O)Cc1ccc(NC(=O)CN(C)S(=O)(=O)c2cc(Cl)ccc2Cl)cc1. The van der Waals surface area contributed by atoms with Crippen molar-refractivity contribution in [1.29, 1.82) is 0 Å². The number of anilines is 1. The van der Waals surface area contributed by atoms with Crippen molar-refractivity contribution in [3.63, 3.8) is 0 Å². The fraction of sp³-hybridized carbons (Fsp3) is 0.263. The van der Waals surface area contributed by atoms with Gasteiger partial charge in [0.25, 0.3) is 0 Å². The van der Waals surface area contributed by atoms with E-state index in [1.54, 1.807) is 31.2 Å². The van der Waals surface area contributed by atoms with Crippen LogP contribution in [0.3, 0.4) is 0 Å². The zero-order valence-corrected chi connectivity index (χ0v) is 18.1. The normalized spacial score (nSPS) is 11.3. The number of carbonyl (C=O) groups is 2. The van der Waals surface area contributed by atoms with Crippen molar-refractivity contribution in [2.24, 2.45) is 0 Å². The molecule has 0 saturated heterocycles. The molecule has 0 heterocycles. The topological polar surface area (TPSA) is 92.8 Å². The summed E-state index contributed by atoms with van der Waals surface area (Å²) in [6, 6.07) is 10.7. The molecule has 0 aliphatic rings. The Morgan fingerprint density at radius 3 is 2.38 bits per heavy atom. The molecule has 2 aromatic carbocycles. The number of amides is 1. The molecule has 0 atom stereocenters. The second-order valence-corrected chi connectivity index (χ2v) is 8.92. The first kappa shape index (κ1) is 23.2. The monoisotopic (exact) mass is 458 g/mol. The highest BCUT2D eigenvalue weighted by atomic mass is 35.5. The molecule has 0 unspecified atom stereocenters. The van der Waals surface area contributed by atoms with Gasteiger partial charge in [0.05, 0.1) is 24.6 Å². The molecule has 2 rings (SSSR count). The average molecular weight is 459 g/mol. The van der Waals surface area contributed by atoms with Crippen LogP contribution in [0.15, 0.2) is 47.4 Å². The van der Waals surface area contributed by atoms with Gasteiger partial charge in [0.2, 0.25) is 15.9 Å². The van der Waals surface area contributed by atoms with E-state index < -0.39 is 22.5 Å². The van der Waals surface area contributed by atoms with E-state index in [-0.39, 0.29) is 27.3 Å². The van der Waals surface area contributed by atoms with Crippen LogP contribution in [-0.4, -0.2) is 44.8 Å². The minimum atomic E-state index is -4.00. The number of ether oxygens (including phenoxy) is 1. The first-order valence-corrected chi connectivity index (χ1v) is 10.8. The van der Waals surface area contributed by atoms with Crippen molar-refractivity contribution in [3.8, 4) is 0 Å². The highest BCUT2D eigenvalue weighted by Crippen LogP contribution is 2.27.